The maximum absolute atomic E-state index is 11.8. The predicted molar refractivity (Wildman–Crippen MR) is 74.9 cm³/mol. The van der Waals surface area contributed by atoms with Crippen LogP contribution in [0.4, 0.5) is 0 Å². The summed E-state index contributed by atoms with van der Waals surface area (Å²) in [6, 6.07) is 1.62. The summed E-state index contributed by atoms with van der Waals surface area (Å²) < 4.78 is 1.26. The molecule has 0 aliphatic carbocycles. The van der Waals surface area contributed by atoms with E-state index in [-0.39, 0.29) is 18.0 Å². The van der Waals surface area contributed by atoms with E-state index in [1.807, 2.05) is 18.7 Å². The summed E-state index contributed by atoms with van der Waals surface area (Å²) in [7, 11) is 0. The highest BCUT2D eigenvalue weighted by Crippen LogP contribution is 2.09. The molecule has 0 saturated heterocycles. The van der Waals surface area contributed by atoms with E-state index in [4.69, 9.17) is 5.11 Å². The van der Waals surface area contributed by atoms with Gasteiger partial charge < -0.3 is 5.11 Å². The van der Waals surface area contributed by atoms with Gasteiger partial charge in [0.15, 0.2) is 0 Å². The lowest BCUT2D eigenvalue weighted by Crippen LogP contribution is -2.33. The number of aromatic nitrogens is 3. The Labute approximate surface area is 119 Å². The first-order valence-corrected chi connectivity index (χ1v) is 7.13. The third-order valence-electron chi connectivity index (χ3n) is 2.95. The van der Waals surface area contributed by atoms with Crippen molar-refractivity contribution in [1.82, 2.24) is 19.5 Å². The highest BCUT2D eigenvalue weighted by atomic mass is 32.1. The fourth-order valence-corrected chi connectivity index (χ4v) is 2.49. The minimum absolute atomic E-state index is 0.0694. The van der Waals surface area contributed by atoms with Crippen LogP contribution in [0.2, 0.25) is 0 Å². The molecule has 0 aromatic carbocycles. The highest BCUT2D eigenvalue weighted by Gasteiger charge is 2.14. The second-order valence-electron chi connectivity index (χ2n) is 4.73. The smallest absolute Gasteiger partial charge is 0.304 e. The van der Waals surface area contributed by atoms with Crippen LogP contribution in [0.3, 0.4) is 0 Å². The van der Waals surface area contributed by atoms with Crippen molar-refractivity contribution in [3.05, 3.63) is 27.6 Å². The molecule has 0 radical (unpaired) electrons. The van der Waals surface area contributed by atoms with Gasteiger partial charge in [-0.1, -0.05) is 11.3 Å². The molecule has 20 heavy (non-hydrogen) atoms. The van der Waals surface area contributed by atoms with Crippen molar-refractivity contribution in [2.75, 3.05) is 6.54 Å². The number of hydrogen-bond donors (Lipinski definition) is 1. The van der Waals surface area contributed by atoms with Crippen molar-refractivity contribution in [3.63, 3.8) is 0 Å². The van der Waals surface area contributed by atoms with Crippen LogP contribution in [0.1, 0.15) is 26.0 Å². The number of aliphatic carboxylic acids is 1. The second kappa shape index (κ2) is 6.10. The van der Waals surface area contributed by atoms with E-state index in [0.717, 1.165) is 0 Å². The van der Waals surface area contributed by atoms with Crippen molar-refractivity contribution in [3.8, 4) is 0 Å². The van der Waals surface area contributed by atoms with E-state index in [9.17, 15) is 9.59 Å². The zero-order valence-electron chi connectivity index (χ0n) is 11.3. The van der Waals surface area contributed by atoms with E-state index >= 15 is 0 Å². The molecule has 8 heteroatoms. The quantitative estimate of drug-likeness (QED) is 0.849. The maximum atomic E-state index is 11.8. The van der Waals surface area contributed by atoms with Crippen LogP contribution in [-0.2, 0) is 11.3 Å². The Morgan fingerprint density at radius 3 is 2.95 bits per heavy atom. The average Bonchev–Trinajstić information content (AvgIpc) is 2.82. The van der Waals surface area contributed by atoms with Crippen molar-refractivity contribution in [2.45, 2.75) is 32.9 Å². The van der Waals surface area contributed by atoms with E-state index in [1.54, 1.807) is 5.51 Å². The van der Waals surface area contributed by atoms with Gasteiger partial charge in [-0.2, -0.15) is 9.61 Å². The SMILES string of the molecule is CC(C)N(CCC(=O)O)Cc1cc(=O)n2ncsc2n1. The Balaban J connectivity index is 2.19. The fourth-order valence-electron chi connectivity index (χ4n) is 1.85. The summed E-state index contributed by atoms with van der Waals surface area (Å²) in [4.78, 5) is 29.4. The van der Waals surface area contributed by atoms with Gasteiger partial charge in [-0.3, -0.25) is 14.5 Å². The predicted octanol–water partition coefficient (Wildman–Crippen LogP) is 0.836. The van der Waals surface area contributed by atoms with Crippen LogP contribution in [0.15, 0.2) is 16.4 Å². The summed E-state index contributed by atoms with van der Waals surface area (Å²) in [5, 5.41) is 12.7. The lowest BCUT2D eigenvalue weighted by atomic mass is 10.2. The average molecular weight is 296 g/mol. The molecule has 0 amide bonds. The van der Waals surface area contributed by atoms with Gasteiger partial charge in [0, 0.05) is 25.2 Å². The van der Waals surface area contributed by atoms with Gasteiger partial charge in [0.2, 0.25) is 4.96 Å². The molecule has 2 heterocycles. The fraction of sp³-hybridized carbons (Fsp3) is 0.500. The monoisotopic (exact) mass is 296 g/mol. The van der Waals surface area contributed by atoms with Gasteiger partial charge in [0.05, 0.1) is 12.1 Å². The zero-order valence-corrected chi connectivity index (χ0v) is 12.1. The molecule has 2 aromatic rings. The Bertz CT molecular complexity index is 664. The number of rotatable bonds is 6. The first-order chi connectivity index (χ1) is 9.47. The molecular weight excluding hydrogens is 280 g/mol. The van der Waals surface area contributed by atoms with Gasteiger partial charge >= 0.3 is 5.97 Å². The van der Waals surface area contributed by atoms with E-state index in [1.165, 1.54) is 21.9 Å². The van der Waals surface area contributed by atoms with Gasteiger partial charge in [-0.25, -0.2) is 4.98 Å². The van der Waals surface area contributed by atoms with E-state index in [2.05, 4.69) is 10.1 Å². The third-order valence-corrected chi connectivity index (χ3v) is 3.62. The minimum Gasteiger partial charge on any atom is -0.481 e. The van der Waals surface area contributed by atoms with Gasteiger partial charge in [-0.15, -0.1) is 0 Å². The summed E-state index contributed by atoms with van der Waals surface area (Å²) in [5.41, 5.74) is 1.99. The van der Waals surface area contributed by atoms with Gasteiger partial charge in [0.1, 0.15) is 5.51 Å². The van der Waals surface area contributed by atoms with Crippen molar-refractivity contribution in [1.29, 1.82) is 0 Å². The molecule has 0 fully saturated rings. The molecule has 0 bridgehead atoms. The molecule has 0 aliphatic rings. The van der Waals surface area contributed by atoms with Crippen LogP contribution in [0.25, 0.3) is 4.96 Å². The molecule has 108 valence electrons. The molecule has 2 aromatic heterocycles. The topological polar surface area (TPSA) is 87.8 Å². The summed E-state index contributed by atoms with van der Waals surface area (Å²) in [6.45, 7) is 4.85. The molecule has 0 saturated carbocycles. The highest BCUT2D eigenvalue weighted by molar-refractivity contribution is 7.14. The van der Waals surface area contributed by atoms with Gasteiger partial charge in [-0.05, 0) is 13.8 Å². The normalized spacial score (nSPS) is 11.6. The lowest BCUT2D eigenvalue weighted by molar-refractivity contribution is -0.137. The molecule has 0 unspecified atom stereocenters. The van der Waals surface area contributed by atoms with Gasteiger partial charge in [0.25, 0.3) is 5.56 Å². The number of carboxylic acids is 1. The van der Waals surface area contributed by atoms with Crippen LogP contribution in [0.5, 0.6) is 0 Å². The Hall–Kier alpha value is -1.80. The molecule has 0 atom stereocenters. The van der Waals surface area contributed by atoms with Crippen LogP contribution in [0, 0.1) is 0 Å². The molecule has 7 nitrogen and oxygen atoms in total. The van der Waals surface area contributed by atoms with E-state index in [0.29, 0.717) is 23.7 Å². The first kappa shape index (κ1) is 14.6. The Kier molecular flexibility index (Phi) is 4.46. The first-order valence-electron chi connectivity index (χ1n) is 6.25. The number of hydrogen-bond acceptors (Lipinski definition) is 6. The lowest BCUT2D eigenvalue weighted by Gasteiger charge is -2.25. The van der Waals surface area contributed by atoms with Crippen LogP contribution >= 0.6 is 11.3 Å². The maximum Gasteiger partial charge on any atom is 0.304 e. The number of fused-ring (bicyclic) bond motifs is 1. The second-order valence-corrected chi connectivity index (χ2v) is 5.54. The molecule has 2 rings (SSSR count). The van der Waals surface area contributed by atoms with Crippen molar-refractivity contribution >= 4 is 22.3 Å². The molecule has 1 N–H and O–H groups in total. The minimum atomic E-state index is -0.832. The third kappa shape index (κ3) is 3.40. The number of carboxylic acid groups (broad SMARTS) is 1. The van der Waals surface area contributed by atoms with Crippen molar-refractivity contribution < 1.29 is 9.90 Å². The number of nitrogens with zero attached hydrogens (tertiary/aromatic N) is 4. The summed E-state index contributed by atoms with van der Waals surface area (Å²) in [6.07, 6.45) is 0.0694. The molecular formula is C12H16N4O3S. The molecule has 0 spiro atoms. The Morgan fingerprint density at radius 1 is 1.55 bits per heavy atom. The Morgan fingerprint density at radius 2 is 2.30 bits per heavy atom. The van der Waals surface area contributed by atoms with Crippen molar-refractivity contribution in [2.24, 2.45) is 0 Å². The standard InChI is InChI=1S/C12H16N4O3S/c1-8(2)15(4-3-11(18)19)6-9-5-10(17)16-12(14-9)20-7-13-16/h5,7-8H,3-4,6H2,1-2H3,(H,18,19). The molecule has 0 aliphatic heterocycles. The van der Waals surface area contributed by atoms with Crippen LogP contribution < -0.4 is 5.56 Å². The van der Waals surface area contributed by atoms with Crippen LogP contribution in [-0.4, -0.2) is 43.2 Å². The largest absolute Gasteiger partial charge is 0.481 e. The summed E-state index contributed by atoms with van der Waals surface area (Å²) >= 11 is 1.30. The van der Waals surface area contributed by atoms with E-state index < -0.39 is 5.97 Å². The zero-order chi connectivity index (χ0) is 14.7. The number of carbonyl (C=O) groups is 1. The summed E-state index contributed by atoms with van der Waals surface area (Å²) in [5.74, 6) is -0.832.